The number of hydrogen-bond donors (Lipinski definition) is 1. The highest BCUT2D eigenvalue weighted by atomic mass is 32.1. The summed E-state index contributed by atoms with van der Waals surface area (Å²) in [5.41, 5.74) is -0.130. The minimum Gasteiger partial charge on any atom is -0.444 e. The molecule has 0 aromatic carbocycles. The third-order valence-electron chi connectivity index (χ3n) is 2.56. The smallest absolute Gasteiger partial charge is 0.411 e. The maximum Gasteiger partial charge on any atom is 0.411 e. The SMILES string of the molecule is CC(=O)Nc1nc2c(s1)C(=O)CN(C(=O)OC(C)(C)C)C2. The second-order valence-electron chi connectivity index (χ2n) is 5.74. The minimum atomic E-state index is -0.621. The molecule has 0 atom stereocenters. The van der Waals surface area contributed by atoms with E-state index in [2.05, 4.69) is 10.3 Å². The van der Waals surface area contributed by atoms with Crippen LogP contribution in [0.3, 0.4) is 0 Å². The average molecular weight is 311 g/mol. The Bertz CT molecular complexity index is 603. The minimum absolute atomic E-state index is 0.0381. The third kappa shape index (κ3) is 3.78. The maximum atomic E-state index is 12.1. The van der Waals surface area contributed by atoms with Crippen LogP contribution in [0.1, 0.15) is 43.1 Å². The van der Waals surface area contributed by atoms with Crippen LogP contribution in [0.15, 0.2) is 0 Å². The van der Waals surface area contributed by atoms with E-state index in [0.29, 0.717) is 15.7 Å². The van der Waals surface area contributed by atoms with Crippen LogP contribution < -0.4 is 5.32 Å². The number of thiazole rings is 1. The molecule has 0 fully saturated rings. The molecule has 0 spiro atoms. The Morgan fingerprint density at radius 3 is 2.57 bits per heavy atom. The molecule has 2 heterocycles. The lowest BCUT2D eigenvalue weighted by Gasteiger charge is -2.28. The lowest BCUT2D eigenvalue weighted by atomic mass is 10.1. The van der Waals surface area contributed by atoms with E-state index in [9.17, 15) is 14.4 Å². The number of nitrogens with zero attached hydrogens (tertiary/aromatic N) is 2. The molecule has 7 nitrogen and oxygen atoms in total. The maximum absolute atomic E-state index is 12.1. The van der Waals surface area contributed by atoms with Crippen molar-refractivity contribution in [2.75, 3.05) is 11.9 Å². The van der Waals surface area contributed by atoms with E-state index in [0.717, 1.165) is 11.3 Å². The number of anilines is 1. The first kappa shape index (κ1) is 15.4. The van der Waals surface area contributed by atoms with Crippen molar-refractivity contribution in [3.8, 4) is 0 Å². The van der Waals surface area contributed by atoms with Gasteiger partial charge >= 0.3 is 6.09 Å². The lowest BCUT2D eigenvalue weighted by molar-refractivity contribution is -0.114. The van der Waals surface area contributed by atoms with Crippen molar-refractivity contribution < 1.29 is 19.1 Å². The van der Waals surface area contributed by atoms with Gasteiger partial charge in [-0.25, -0.2) is 9.78 Å². The first-order chi connectivity index (χ1) is 9.65. The number of ether oxygens (including phenoxy) is 1. The second kappa shape index (κ2) is 5.44. The van der Waals surface area contributed by atoms with Gasteiger partial charge in [-0.3, -0.25) is 14.5 Å². The molecule has 0 saturated heterocycles. The van der Waals surface area contributed by atoms with Crippen LogP contribution in [0, 0.1) is 0 Å². The van der Waals surface area contributed by atoms with E-state index in [1.165, 1.54) is 11.8 Å². The van der Waals surface area contributed by atoms with Crippen molar-refractivity contribution in [2.24, 2.45) is 0 Å². The molecule has 1 aliphatic rings. The summed E-state index contributed by atoms with van der Waals surface area (Å²) < 4.78 is 5.25. The highest BCUT2D eigenvalue weighted by Crippen LogP contribution is 2.28. The summed E-state index contributed by atoms with van der Waals surface area (Å²) in [5, 5.41) is 2.91. The van der Waals surface area contributed by atoms with Gasteiger partial charge < -0.3 is 10.1 Å². The zero-order valence-corrected chi connectivity index (χ0v) is 13.2. The second-order valence-corrected chi connectivity index (χ2v) is 6.73. The Morgan fingerprint density at radius 2 is 2.00 bits per heavy atom. The Balaban J connectivity index is 2.16. The lowest BCUT2D eigenvalue weighted by Crippen LogP contribution is -2.42. The van der Waals surface area contributed by atoms with Crippen LogP contribution in [-0.4, -0.2) is 39.8 Å². The molecule has 0 unspecified atom stereocenters. The predicted molar refractivity (Wildman–Crippen MR) is 77.4 cm³/mol. The van der Waals surface area contributed by atoms with Gasteiger partial charge in [-0.1, -0.05) is 11.3 Å². The fourth-order valence-electron chi connectivity index (χ4n) is 1.82. The van der Waals surface area contributed by atoms with Crippen molar-refractivity contribution in [3.63, 3.8) is 0 Å². The summed E-state index contributed by atoms with van der Waals surface area (Å²) in [7, 11) is 0. The van der Waals surface area contributed by atoms with Gasteiger partial charge in [0, 0.05) is 6.92 Å². The molecule has 1 N–H and O–H groups in total. The highest BCUT2D eigenvalue weighted by molar-refractivity contribution is 7.17. The average Bonchev–Trinajstić information content (AvgIpc) is 2.68. The van der Waals surface area contributed by atoms with E-state index in [1.807, 2.05) is 0 Å². The number of nitrogens with one attached hydrogen (secondary N) is 1. The Labute approximate surface area is 126 Å². The van der Waals surface area contributed by atoms with Crippen LogP contribution in [0.25, 0.3) is 0 Å². The molecule has 1 aromatic rings. The highest BCUT2D eigenvalue weighted by Gasteiger charge is 2.32. The summed E-state index contributed by atoms with van der Waals surface area (Å²) in [5.74, 6) is -0.450. The summed E-state index contributed by atoms with van der Waals surface area (Å²) >= 11 is 1.13. The van der Waals surface area contributed by atoms with Gasteiger partial charge in [0.2, 0.25) is 5.91 Å². The van der Waals surface area contributed by atoms with E-state index in [4.69, 9.17) is 4.74 Å². The summed E-state index contributed by atoms with van der Waals surface area (Å²) in [6.07, 6.45) is -0.546. The first-order valence-corrected chi connectivity index (χ1v) is 7.26. The number of hydrogen-bond acceptors (Lipinski definition) is 6. The molecule has 2 rings (SSSR count). The van der Waals surface area contributed by atoms with Crippen LogP contribution in [0.5, 0.6) is 0 Å². The van der Waals surface area contributed by atoms with Crippen molar-refractivity contribution in [1.29, 1.82) is 0 Å². The van der Waals surface area contributed by atoms with Crippen molar-refractivity contribution in [2.45, 2.75) is 39.8 Å². The van der Waals surface area contributed by atoms with Gasteiger partial charge in [0.1, 0.15) is 5.60 Å². The molecule has 0 aliphatic carbocycles. The van der Waals surface area contributed by atoms with E-state index in [1.54, 1.807) is 20.8 Å². The molecule has 1 aliphatic heterocycles. The number of ketones is 1. The first-order valence-electron chi connectivity index (χ1n) is 6.44. The predicted octanol–water partition coefficient (Wildman–Crippen LogP) is 2.03. The van der Waals surface area contributed by atoms with E-state index in [-0.39, 0.29) is 24.8 Å². The van der Waals surface area contributed by atoms with Crippen LogP contribution in [0.2, 0.25) is 0 Å². The topological polar surface area (TPSA) is 88.6 Å². The zero-order chi connectivity index (χ0) is 15.8. The van der Waals surface area contributed by atoms with Gasteiger partial charge in [-0.15, -0.1) is 0 Å². The number of amides is 2. The standard InChI is InChI=1S/C13H17N3O4S/c1-7(17)14-11-15-8-5-16(6-9(18)10(8)21-11)12(19)20-13(2,3)4/h5-6H2,1-4H3,(H,14,15,17). The normalized spacial score (nSPS) is 14.7. The molecule has 114 valence electrons. The van der Waals surface area contributed by atoms with E-state index < -0.39 is 11.7 Å². The fraction of sp³-hybridized carbons (Fsp3) is 0.538. The Kier molecular flexibility index (Phi) is 3.99. The number of Topliss-reactive ketones (excluding diaryl/α,β-unsaturated/α-hetero) is 1. The number of rotatable bonds is 1. The van der Waals surface area contributed by atoms with Crippen LogP contribution in [0.4, 0.5) is 9.93 Å². The van der Waals surface area contributed by atoms with Crippen molar-refractivity contribution >= 4 is 34.3 Å². The van der Waals surface area contributed by atoms with Crippen LogP contribution >= 0.6 is 11.3 Å². The fourth-order valence-corrected chi connectivity index (χ4v) is 2.77. The van der Waals surface area contributed by atoms with Gasteiger partial charge in [0.05, 0.1) is 23.7 Å². The quantitative estimate of drug-likeness (QED) is 0.857. The third-order valence-corrected chi connectivity index (χ3v) is 3.61. The molecule has 2 amide bonds. The van der Waals surface area contributed by atoms with Gasteiger partial charge in [-0.05, 0) is 20.8 Å². The Hall–Kier alpha value is -1.96. The molecular weight excluding hydrogens is 294 g/mol. The summed E-state index contributed by atoms with van der Waals surface area (Å²) in [4.78, 5) is 41.1. The number of fused-ring (bicyclic) bond motifs is 1. The number of carbonyl (C=O) groups excluding carboxylic acids is 3. The van der Waals surface area contributed by atoms with Gasteiger partial charge in [0.25, 0.3) is 0 Å². The molecule has 0 radical (unpaired) electrons. The number of carbonyl (C=O) groups is 3. The number of aromatic nitrogens is 1. The van der Waals surface area contributed by atoms with Gasteiger partial charge in [-0.2, -0.15) is 0 Å². The monoisotopic (exact) mass is 311 g/mol. The molecule has 21 heavy (non-hydrogen) atoms. The molecular formula is C13H17N3O4S. The molecule has 1 aromatic heterocycles. The van der Waals surface area contributed by atoms with E-state index >= 15 is 0 Å². The van der Waals surface area contributed by atoms with Crippen LogP contribution in [-0.2, 0) is 16.1 Å². The zero-order valence-electron chi connectivity index (χ0n) is 12.3. The summed E-state index contributed by atoms with van der Waals surface area (Å²) in [6, 6.07) is 0. The molecule has 8 heteroatoms. The Morgan fingerprint density at radius 1 is 1.33 bits per heavy atom. The largest absolute Gasteiger partial charge is 0.444 e. The molecule has 0 bridgehead atoms. The molecule has 0 saturated carbocycles. The van der Waals surface area contributed by atoms with Gasteiger partial charge in [0.15, 0.2) is 10.9 Å². The van der Waals surface area contributed by atoms with Crippen molar-refractivity contribution in [1.82, 2.24) is 9.88 Å². The summed E-state index contributed by atoms with van der Waals surface area (Å²) in [6.45, 7) is 6.82. The van der Waals surface area contributed by atoms with Crippen molar-refractivity contribution in [3.05, 3.63) is 10.6 Å².